The molecule has 3 aliphatic rings. The predicted molar refractivity (Wildman–Crippen MR) is 494 cm³/mol. The summed E-state index contributed by atoms with van der Waals surface area (Å²) >= 11 is 0. The van der Waals surface area contributed by atoms with E-state index in [2.05, 4.69) is 35.7 Å². The van der Waals surface area contributed by atoms with E-state index in [1.807, 2.05) is 48.0 Å². The standard InChI is InChI=1S/C37H36F2N6O6S.C31H29F8N3O4.C31H32F5N3O5/c1-22(46)32(16-23-8-13-28(29-19-44(2)15-14-27(23)29)35-33(50-3)6-5-7-34(35)51-4)42-37(47)36-30(38)17-24(18-31(36)39)43-52(48,49)26-11-9-25(10-12-26)45-21-40-20-41-45;1-14-10-21(31(37,38)39)25(29(45)42(14)4)20-8-7-17(19-6-5-9-46-27(19)20)11-24(15(2)43)41-28(44)26-22(32)12-18(13-23(26)33)40-16(3)30(34,35)36;1-6-26(31(34,35)36)37-18-11-22(32)28(23(33)12-18)29(41)38-24(16(3)40)10-17-7-8-19(21-14-44-13-20(17)21)27-25(43-5)9-15(2)39(4)30(27)42/h5-13,17-18,20-21,32,43H,14-16,19H2,1-4H3,(H,42,47);7-8,10,12-13,16,24,40H,5-6,9,11H2,1-4H3,(H,41,44);7-9,11-12,24,26,37H,6,10,13-14H2,1-5H3,(H,38,41)/t;16-,24+;24-,26+/m.10/s1. The van der Waals surface area contributed by atoms with Crippen molar-refractivity contribution in [2.75, 3.05) is 56.9 Å². The number of benzene rings is 8. The van der Waals surface area contributed by atoms with Crippen molar-refractivity contribution in [3.63, 3.8) is 0 Å². The molecule has 0 spiro atoms. The van der Waals surface area contributed by atoms with Crippen LogP contribution in [0.4, 0.5) is 82.9 Å². The van der Waals surface area contributed by atoms with Gasteiger partial charge in [0.2, 0.25) is 0 Å². The fourth-order valence-corrected chi connectivity index (χ4v) is 17.8. The van der Waals surface area contributed by atoms with Crippen LogP contribution in [0, 0.1) is 48.8 Å². The van der Waals surface area contributed by atoms with Crippen LogP contribution in [0.2, 0.25) is 0 Å². The molecule has 0 aliphatic carbocycles. The highest BCUT2D eigenvalue weighted by molar-refractivity contribution is 7.92. The van der Waals surface area contributed by atoms with Crippen molar-refractivity contribution in [3.05, 3.63) is 274 Å². The summed E-state index contributed by atoms with van der Waals surface area (Å²) in [4.78, 5) is 109. The first-order valence-electron chi connectivity index (χ1n) is 44.0. The zero-order chi connectivity index (χ0) is 104. The molecule has 3 aliphatic heterocycles. The number of Topliss-reactive ketones (excluding diaryl/α,β-unsaturated/α-hetero) is 3. The van der Waals surface area contributed by atoms with E-state index in [-0.39, 0.29) is 73.0 Å². The van der Waals surface area contributed by atoms with Gasteiger partial charge < -0.3 is 64.3 Å². The molecule has 0 radical (unpaired) electrons. The first-order valence-corrected chi connectivity index (χ1v) is 45.5. The van der Waals surface area contributed by atoms with E-state index in [1.165, 1.54) is 100 Å². The fraction of sp³-hybridized carbons (Fsp3) is 0.333. The van der Waals surface area contributed by atoms with Gasteiger partial charge in [0, 0.05) is 80.8 Å². The third-order valence-electron chi connectivity index (χ3n) is 24.5. The molecule has 1 unspecified atom stereocenters. The van der Waals surface area contributed by atoms with E-state index in [1.54, 1.807) is 46.4 Å². The van der Waals surface area contributed by atoms with Gasteiger partial charge in [-0.3, -0.25) is 43.1 Å². The van der Waals surface area contributed by atoms with Crippen molar-refractivity contribution in [3.8, 4) is 62.1 Å². The smallest absolute Gasteiger partial charge is 0.417 e. The summed E-state index contributed by atoms with van der Waals surface area (Å²) in [5.41, 5.74) is 1.95. The van der Waals surface area contributed by atoms with E-state index >= 15 is 8.78 Å². The van der Waals surface area contributed by atoms with Gasteiger partial charge in [0.25, 0.3) is 38.9 Å². The molecule has 14 rings (SSSR count). The number of likely N-dealkylation sites (N-methyl/N-ethyl adjacent to an activating group) is 1. The molecular formula is C99H97F15N12O15S. The monoisotopic (exact) mass is 2010 g/mol. The number of carbonyl (C=O) groups is 6. The number of hydrogen-bond acceptors (Lipinski definition) is 20. The molecule has 0 saturated carbocycles. The van der Waals surface area contributed by atoms with Crippen molar-refractivity contribution in [1.82, 2.24) is 44.7 Å². The van der Waals surface area contributed by atoms with E-state index in [9.17, 15) is 104 Å². The van der Waals surface area contributed by atoms with Gasteiger partial charge in [0.15, 0.2) is 17.3 Å². The Kier molecular flexibility index (Phi) is 32.8. The first-order chi connectivity index (χ1) is 66.9. The molecule has 3 aromatic heterocycles. The van der Waals surface area contributed by atoms with Gasteiger partial charge in [0.05, 0.1) is 97.8 Å². The number of methoxy groups -OCH3 is 3. The number of aromatic nitrogens is 5. The average molecular weight is 2010 g/mol. The van der Waals surface area contributed by atoms with Gasteiger partial charge >= 0.3 is 18.5 Å². The third-order valence-corrected chi connectivity index (χ3v) is 25.9. The largest absolute Gasteiger partial charge is 0.496 e. The van der Waals surface area contributed by atoms with Crippen LogP contribution in [0.3, 0.4) is 0 Å². The minimum Gasteiger partial charge on any atom is -0.496 e. The molecule has 754 valence electrons. The molecule has 0 fully saturated rings. The molecule has 11 aromatic rings. The lowest BCUT2D eigenvalue weighted by atomic mass is 9.85. The third kappa shape index (κ3) is 23.8. The highest BCUT2D eigenvalue weighted by Gasteiger charge is 2.42. The predicted octanol–water partition coefficient (Wildman–Crippen LogP) is 16.6. The van der Waals surface area contributed by atoms with Crippen molar-refractivity contribution in [2.45, 2.75) is 167 Å². The number of carbonyl (C=O) groups excluding carboxylic acids is 6. The lowest BCUT2D eigenvalue weighted by Gasteiger charge is -2.30. The zero-order valence-corrected chi connectivity index (χ0v) is 79.4. The summed E-state index contributed by atoms with van der Waals surface area (Å²) in [5, 5.41) is 15.0. The Bertz CT molecular complexity index is 6860. The number of aryl methyl sites for hydroxylation is 2. The number of ketones is 3. The Morgan fingerprint density at radius 2 is 0.965 bits per heavy atom. The zero-order valence-electron chi connectivity index (χ0n) is 78.5. The maximum Gasteiger partial charge on any atom is 0.417 e. The molecule has 27 nitrogen and oxygen atoms in total. The van der Waals surface area contributed by atoms with Gasteiger partial charge in [-0.15, -0.1) is 0 Å². The Morgan fingerprint density at radius 3 is 1.42 bits per heavy atom. The first kappa shape index (κ1) is 107. The lowest BCUT2D eigenvalue weighted by Crippen LogP contribution is -2.42. The molecule has 43 heteroatoms. The van der Waals surface area contributed by atoms with Crippen LogP contribution in [-0.4, -0.2) is 156 Å². The highest BCUT2D eigenvalue weighted by Crippen LogP contribution is 2.47. The molecule has 0 saturated heterocycles. The number of halogens is 15. The Morgan fingerprint density at radius 1 is 0.514 bits per heavy atom. The number of amides is 3. The number of fused-ring (bicyclic) bond motifs is 3. The number of hydrogen-bond donors (Lipinski definition) is 6. The number of pyridine rings is 2. The van der Waals surface area contributed by atoms with Gasteiger partial charge in [0.1, 0.15) is 99.3 Å². The van der Waals surface area contributed by atoms with Crippen molar-refractivity contribution >= 4 is 62.2 Å². The van der Waals surface area contributed by atoms with E-state index < -0.39 is 179 Å². The molecule has 142 heavy (non-hydrogen) atoms. The second-order valence-electron chi connectivity index (χ2n) is 34.0. The second-order valence-corrected chi connectivity index (χ2v) is 35.7. The van der Waals surface area contributed by atoms with Gasteiger partial charge in [-0.25, -0.2) is 44.4 Å². The van der Waals surface area contributed by atoms with Crippen molar-refractivity contribution in [1.29, 1.82) is 0 Å². The number of sulfonamides is 1. The normalized spacial score (nSPS) is 14.1. The van der Waals surface area contributed by atoms with Gasteiger partial charge in [-0.1, -0.05) is 49.4 Å². The van der Waals surface area contributed by atoms with Crippen LogP contribution >= 0.6 is 0 Å². The number of ether oxygens (including phenoxy) is 5. The van der Waals surface area contributed by atoms with Crippen LogP contribution in [0.5, 0.6) is 23.0 Å². The van der Waals surface area contributed by atoms with Crippen LogP contribution in [0.15, 0.2) is 155 Å². The van der Waals surface area contributed by atoms with Crippen LogP contribution < -0.4 is 61.4 Å². The Balaban J connectivity index is 0.000000191. The molecule has 0 bridgehead atoms. The second kappa shape index (κ2) is 43.8. The summed E-state index contributed by atoms with van der Waals surface area (Å²) in [6.45, 7) is 10.6. The SMILES string of the molecule is CC(=O)[C@H](Cc1ccc(-c2c(C(F)(F)F)cc(C)n(C)c2=O)c2c1CCCO2)NC(=O)c1c(F)cc(N[C@H](C)C(F)(F)F)cc1F.CC[C@@H](Nc1cc(F)c(C(=O)N[C@@H](Cc2ccc(-c3c(OC)cc(C)n(C)c3=O)c3c2COC3)C(C)=O)c(F)c1)C(F)(F)F.COc1cccc(OC)c1-c1ccc(CC(NC(=O)c2c(F)cc(NS(=O)(=O)c3ccc(-n4cncn4)cc3)cc2F)C(C)=O)c2c1CN(C)CC2. The van der Waals surface area contributed by atoms with Crippen LogP contribution in [-0.2, 0) is 101 Å². The molecule has 6 N–H and O–H groups in total. The number of alkyl halides is 9. The maximum absolute atomic E-state index is 15.4. The summed E-state index contributed by atoms with van der Waals surface area (Å²) in [6.07, 6.45) is -10.7. The van der Waals surface area contributed by atoms with Crippen LogP contribution in [0.1, 0.15) is 140 Å². The molecule has 8 aromatic carbocycles. The molecule has 5 atom stereocenters. The Labute approximate surface area is 803 Å². The Hall–Kier alpha value is -14.4. The molecule has 6 heterocycles. The fourth-order valence-electron chi connectivity index (χ4n) is 16.7. The summed E-state index contributed by atoms with van der Waals surface area (Å²) in [7, 11) is 5.37. The van der Waals surface area contributed by atoms with Gasteiger partial charge in [-0.2, -0.15) is 44.6 Å². The van der Waals surface area contributed by atoms with Crippen molar-refractivity contribution in [2.24, 2.45) is 14.1 Å². The molecular weight excluding hydrogens is 1910 g/mol. The minimum atomic E-state index is -4.87. The van der Waals surface area contributed by atoms with E-state index in [0.29, 0.717) is 130 Å². The van der Waals surface area contributed by atoms with Crippen molar-refractivity contribution < 1.29 is 127 Å². The highest BCUT2D eigenvalue weighted by atomic mass is 32.2. The number of nitrogens with one attached hydrogen (secondary N) is 6. The number of anilines is 3. The lowest BCUT2D eigenvalue weighted by molar-refractivity contribution is -0.143. The van der Waals surface area contributed by atoms with E-state index in [0.717, 1.165) is 58.8 Å². The maximum atomic E-state index is 15.4. The van der Waals surface area contributed by atoms with Crippen LogP contribution in [0.25, 0.3) is 39.1 Å². The molecule has 3 amide bonds. The van der Waals surface area contributed by atoms with Gasteiger partial charge in [-0.05, 0) is 209 Å². The minimum absolute atomic E-state index is 0.0112. The topological polar surface area (TPSA) is 333 Å². The summed E-state index contributed by atoms with van der Waals surface area (Å²) in [5.74, 6) is -12.0. The average Bonchev–Trinajstić information content (AvgIpc) is 1.46. The number of rotatable bonds is 30. The number of nitrogens with zero attached hydrogens (tertiary/aromatic N) is 6. The quantitative estimate of drug-likeness (QED) is 0.0228. The summed E-state index contributed by atoms with van der Waals surface area (Å²) in [6, 6.07) is 19.4. The summed E-state index contributed by atoms with van der Waals surface area (Å²) < 4.78 is 271. The van der Waals surface area contributed by atoms with E-state index in [4.69, 9.17) is 23.7 Å².